The maximum atomic E-state index is 12.5. The third-order valence-corrected chi connectivity index (χ3v) is 4.39. The summed E-state index contributed by atoms with van der Waals surface area (Å²) in [7, 11) is 0. The summed E-state index contributed by atoms with van der Waals surface area (Å²) in [5.41, 5.74) is 5.33. The van der Waals surface area contributed by atoms with Gasteiger partial charge in [-0.1, -0.05) is 24.3 Å². The molecule has 1 aliphatic rings. The van der Waals surface area contributed by atoms with Gasteiger partial charge in [-0.25, -0.2) is 0 Å². The average molecular weight is 345 g/mol. The fraction of sp³-hybridized carbons (Fsp3) is 0.235. The lowest BCUT2D eigenvalue weighted by Gasteiger charge is -2.15. The van der Waals surface area contributed by atoms with Gasteiger partial charge in [-0.05, 0) is 58.6 Å². The van der Waals surface area contributed by atoms with E-state index in [-0.39, 0.29) is 11.9 Å². The van der Waals surface area contributed by atoms with Crippen molar-refractivity contribution in [3.05, 3.63) is 57.6 Å². The number of carbonyl (C=O) groups is 1. The third-order valence-electron chi connectivity index (χ3n) is 3.77. The molecule has 3 nitrogen and oxygen atoms in total. The fourth-order valence-electron chi connectivity index (χ4n) is 2.74. The summed E-state index contributed by atoms with van der Waals surface area (Å²) in [6, 6.07) is 11.9. The van der Waals surface area contributed by atoms with Gasteiger partial charge < -0.3 is 10.6 Å². The van der Waals surface area contributed by atoms with Crippen LogP contribution in [0.1, 0.15) is 16.7 Å². The Morgan fingerprint density at radius 3 is 2.76 bits per heavy atom. The molecule has 1 unspecified atom stereocenters. The number of hydrogen-bond donors (Lipinski definition) is 2. The number of hydrogen-bond acceptors (Lipinski definition) is 2. The second kappa shape index (κ2) is 5.53. The van der Waals surface area contributed by atoms with Crippen LogP contribution in [0.5, 0.6) is 0 Å². The summed E-state index contributed by atoms with van der Waals surface area (Å²) in [5, 5.41) is 6.31. The molecule has 1 amide bonds. The van der Waals surface area contributed by atoms with Crippen molar-refractivity contribution >= 4 is 33.2 Å². The van der Waals surface area contributed by atoms with E-state index in [2.05, 4.69) is 38.7 Å². The highest BCUT2D eigenvalue weighted by molar-refractivity contribution is 9.10. The Morgan fingerprint density at radius 2 is 2.05 bits per heavy atom. The molecule has 0 saturated carbocycles. The maximum absolute atomic E-state index is 12.5. The molecule has 4 heteroatoms. The summed E-state index contributed by atoms with van der Waals surface area (Å²) >= 11 is 3.53. The zero-order valence-electron chi connectivity index (χ0n) is 12.0. The molecule has 0 spiro atoms. The van der Waals surface area contributed by atoms with Crippen molar-refractivity contribution in [1.29, 1.82) is 0 Å². The highest BCUT2D eigenvalue weighted by atomic mass is 79.9. The van der Waals surface area contributed by atoms with E-state index >= 15 is 0 Å². The number of benzene rings is 2. The molecule has 108 valence electrons. The van der Waals surface area contributed by atoms with Gasteiger partial charge in [-0.15, -0.1) is 0 Å². The number of rotatable bonds is 2. The standard InChI is InChI=1S/C17H17BrN2O/c1-10-7-11(2)16(13(18)8-10)20-17(21)15-9-12-5-3-4-6-14(12)19-15/h3-8,15,19H,9H2,1-2H3,(H,20,21). The minimum Gasteiger partial charge on any atom is -0.373 e. The lowest BCUT2D eigenvalue weighted by atomic mass is 10.1. The van der Waals surface area contributed by atoms with Crippen molar-refractivity contribution in [2.45, 2.75) is 26.3 Å². The molecule has 0 fully saturated rings. The van der Waals surface area contributed by atoms with Crippen LogP contribution in [0.25, 0.3) is 0 Å². The molecule has 0 bridgehead atoms. The number of carbonyl (C=O) groups excluding carboxylic acids is 1. The van der Waals surface area contributed by atoms with E-state index in [4.69, 9.17) is 0 Å². The van der Waals surface area contributed by atoms with Crippen LogP contribution in [0.2, 0.25) is 0 Å². The van der Waals surface area contributed by atoms with Gasteiger partial charge in [0.05, 0.1) is 5.69 Å². The normalized spacial score (nSPS) is 16.2. The minimum atomic E-state index is -0.213. The van der Waals surface area contributed by atoms with E-state index < -0.39 is 0 Å². The highest BCUT2D eigenvalue weighted by Gasteiger charge is 2.26. The van der Waals surface area contributed by atoms with Crippen LogP contribution >= 0.6 is 15.9 Å². The quantitative estimate of drug-likeness (QED) is 0.863. The number of para-hydroxylation sites is 1. The molecular formula is C17H17BrN2O. The van der Waals surface area contributed by atoms with Gasteiger partial charge in [0.25, 0.3) is 0 Å². The van der Waals surface area contributed by atoms with E-state index in [0.29, 0.717) is 0 Å². The number of halogens is 1. The Labute approximate surface area is 132 Å². The van der Waals surface area contributed by atoms with Crippen LogP contribution in [0, 0.1) is 13.8 Å². The first-order valence-electron chi connectivity index (χ1n) is 6.96. The van der Waals surface area contributed by atoms with Gasteiger partial charge in [0.2, 0.25) is 5.91 Å². The van der Waals surface area contributed by atoms with Gasteiger partial charge in [0, 0.05) is 16.6 Å². The summed E-state index contributed by atoms with van der Waals surface area (Å²) in [6.07, 6.45) is 0.727. The lowest BCUT2D eigenvalue weighted by Crippen LogP contribution is -2.33. The first kappa shape index (κ1) is 14.1. The molecule has 2 aromatic carbocycles. The Bertz CT molecular complexity index is 664. The van der Waals surface area contributed by atoms with Crippen molar-refractivity contribution in [3.8, 4) is 0 Å². The lowest BCUT2D eigenvalue weighted by molar-refractivity contribution is -0.116. The zero-order valence-corrected chi connectivity index (χ0v) is 13.6. The van der Waals surface area contributed by atoms with E-state index in [0.717, 1.165) is 27.8 Å². The smallest absolute Gasteiger partial charge is 0.247 e. The first-order chi connectivity index (χ1) is 10.0. The second-order valence-electron chi connectivity index (χ2n) is 5.49. The van der Waals surface area contributed by atoms with E-state index in [9.17, 15) is 4.79 Å². The van der Waals surface area contributed by atoms with E-state index in [1.807, 2.05) is 38.1 Å². The minimum absolute atomic E-state index is 0.00106. The molecule has 0 aliphatic carbocycles. The molecule has 1 atom stereocenters. The van der Waals surface area contributed by atoms with Gasteiger partial charge in [-0.2, -0.15) is 0 Å². The summed E-state index contributed by atoms with van der Waals surface area (Å²) in [6.45, 7) is 4.04. The van der Waals surface area contributed by atoms with E-state index in [1.54, 1.807) is 0 Å². The molecule has 3 rings (SSSR count). The van der Waals surface area contributed by atoms with Crippen LogP contribution in [0.4, 0.5) is 11.4 Å². The van der Waals surface area contributed by atoms with Gasteiger partial charge in [0.1, 0.15) is 6.04 Å². The van der Waals surface area contributed by atoms with Gasteiger partial charge in [-0.3, -0.25) is 4.79 Å². The molecule has 2 N–H and O–H groups in total. The van der Waals surface area contributed by atoms with Crippen LogP contribution in [-0.4, -0.2) is 11.9 Å². The third kappa shape index (κ3) is 2.81. The first-order valence-corrected chi connectivity index (χ1v) is 7.76. The Morgan fingerprint density at radius 1 is 1.29 bits per heavy atom. The summed E-state index contributed by atoms with van der Waals surface area (Å²) in [5.74, 6) is -0.00106. The predicted octanol–water partition coefficient (Wildman–Crippen LogP) is 4.04. The zero-order chi connectivity index (χ0) is 15.0. The van der Waals surface area contributed by atoms with Gasteiger partial charge in [0.15, 0.2) is 0 Å². The molecule has 0 aromatic heterocycles. The SMILES string of the molecule is Cc1cc(C)c(NC(=O)C2Cc3ccccc3N2)c(Br)c1. The van der Waals surface area contributed by atoms with Gasteiger partial charge >= 0.3 is 0 Å². The maximum Gasteiger partial charge on any atom is 0.247 e. The Hall–Kier alpha value is -1.81. The fourth-order valence-corrected chi connectivity index (χ4v) is 3.51. The van der Waals surface area contributed by atoms with Crippen LogP contribution in [0.15, 0.2) is 40.9 Å². The van der Waals surface area contributed by atoms with Crippen molar-refractivity contribution in [2.75, 3.05) is 10.6 Å². The second-order valence-corrected chi connectivity index (χ2v) is 6.34. The molecule has 2 aromatic rings. The Balaban J connectivity index is 1.77. The highest BCUT2D eigenvalue weighted by Crippen LogP contribution is 2.30. The molecule has 21 heavy (non-hydrogen) atoms. The van der Waals surface area contributed by atoms with Crippen molar-refractivity contribution in [1.82, 2.24) is 0 Å². The molecule has 1 aliphatic heterocycles. The summed E-state index contributed by atoms with van der Waals surface area (Å²) < 4.78 is 0.920. The molecule has 0 radical (unpaired) electrons. The molecule has 0 saturated heterocycles. The summed E-state index contributed by atoms with van der Waals surface area (Å²) in [4.78, 5) is 12.5. The van der Waals surface area contributed by atoms with Crippen LogP contribution in [-0.2, 0) is 11.2 Å². The van der Waals surface area contributed by atoms with Crippen molar-refractivity contribution in [2.24, 2.45) is 0 Å². The molecule has 1 heterocycles. The van der Waals surface area contributed by atoms with E-state index in [1.165, 1.54) is 11.1 Å². The largest absolute Gasteiger partial charge is 0.373 e. The number of nitrogens with one attached hydrogen (secondary N) is 2. The number of amides is 1. The van der Waals surface area contributed by atoms with Crippen molar-refractivity contribution in [3.63, 3.8) is 0 Å². The van der Waals surface area contributed by atoms with Crippen molar-refractivity contribution < 1.29 is 4.79 Å². The topological polar surface area (TPSA) is 41.1 Å². The number of fused-ring (bicyclic) bond motifs is 1. The number of anilines is 2. The number of aryl methyl sites for hydroxylation is 2. The predicted molar refractivity (Wildman–Crippen MR) is 89.8 cm³/mol. The Kier molecular flexibility index (Phi) is 3.72. The van der Waals surface area contributed by atoms with Crippen LogP contribution in [0.3, 0.4) is 0 Å². The monoisotopic (exact) mass is 344 g/mol. The molecular weight excluding hydrogens is 328 g/mol. The van der Waals surface area contributed by atoms with Crippen LogP contribution < -0.4 is 10.6 Å². The average Bonchev–Trinajstić information content (AvgIpc) is 2.86.